The summed E-state index contributed by atoms with van der Waals surface area (Å²) < 4.78 is 8.29. The van der Waals surface area contributed by atoms with Crippen molar-refractivity contribution in [2.75, 3.05) is 46.5 Å². The van der Waals surface area contributed by atoms with Gasteiger partial charge in [-0.05, 0) is 12.6 Å². The molecule has 2 aliphatic heterocycles. The van der Waals surface area contributed by atoms with E-state index in [4.69, 9.17) is 4.74 Å². The standard InChI is InChI=1S/C22H29N5O4/c1-23-10-12-25(13-11-23)16-31-22(30)26-9-8-19-18(15-26)20(28)27(21(29)24(19)2)14-17-6-4-3-5-7-17/h3-7H,8-16H2,1-2H3. The molecule has 166 valence electrons. The largest absolute Gasteiger partial charge is 0.433 e. The predicted octanol–water partition coefficient (Wildman–Crippen LogP) is 0.295. The monoisotopic (exact) mass is 427 g/mol. The fraction of sp³-hybridized carbons (Fsp3) is 0.500. The number of benzene rings is 1. The second kappa shape index (κ2) is 9.07. The van der Waals surface area contributed by atoms with Crippen LogP contribution < -0.4 is 11.2 Å². The third-order valence-corrected chi connectivity index (χ3v) is 6.15. The topological polar surface area (TPSA) is 80.0 Å². The van der Waals surface area contributed by atoms with E-state index in [1.807, 2.05) is 30.3 Å². The number of nitrogens with zero attached hydrogens (tertiary/aromatic N) is 5. The minimum atomic E-state index is -0.424. The Bertz CT molecular complexity index is 1050. The van der Waals surface area contributed by atoms with Crippen molar-refractivity contribution >= 4 is 6.09 Å². The summed E-state index contributed by atoms with van der Waals surface area (Å²) in [5.74, 6) is 0. The van der Waals surface area contributed by atoms with E-state index in [1.165, 1.54) is 9.13 Å². The number of fused-ring (bicyclic) bond motifs is 1. The van der Waals surface area contributed by atoms with Gasteiger partial charge < -0.3 is 19.1 Å². The molecule has 1 fully saturated rings. The van der Waals surface area contributed by atoms with Crippen LogP contribution in [0.5, 0.6) is 0 Å². The zero-order chi connectivity index (χ0) is 22.0. The molecular weight excluding hydrogens is 398 g/mol. The quantitative estimate of drug-likeness (QED) is 0.698. The highest BCUT2D eigenvalue weighted by Crippen LogP contribution is 2.15. The maximum atomic E-state index is 13.2. The number of hydrogen-bond acceptors (Lipinski definition) is 6. The Morgan fingerprint density at radius 2 is 1.71 bits per heavy atom. The number of ether oxygens (including phenoxy) is 1. The lowest BCUT2D eigenvalue weighted by molar-refractivity contribution is 0.0221. The van der Waals surface area contributed by atoms with E-state index in [-0.39, 0.29) is 31.1 Å². The highest BCUT2D eigenvalue weighted by molar-refractivity contribution is 5.68. The van der Waals surface area contributed by atoms with Crippen LogP contribution >= 0.6 is 0 Å². The average Bonchev–Trinajstić information content (AvgIpc) is 2.80. The minimum Gasteiger partial charge on any atom is -0.433 e. The van der Waals surface area contributed by atoms with Crippen LogP contribution in [0.1, 0.15) is 16.8 Å². The Hall–Kier alpha value is -2.91. The van der Waals surface area contributed by atoms with Gasteiger partial charge >= 0.3 is 11.8 Å². The molecule has 1 aromatic carbocycles. The molecule has 4 rings (SSSR count). The van der Waals surface area contributed by atoms with Crippen LogP contribution in [0.4, 0.5) is 4.79 Å². The first-order chi connectivity index (χ1) is 14.9. The van der Waals surface area contributed by atoms with E-state index in [9.17, 15) is 14.4 Å². The number of carbonyl (C=O) groups is 1. The maximum Gasteiger partial charge on any atom is 0.411 e. The Kier molecular flexibility index (Phi) is 6.24. The SMILES string of the molecule is CN1CCN(COC(=O)N2CCc3c(c(=O)n(Cc4ccccc4)c(=O)n3C)C2)CC1. The van der Waals surface area contributed by atoms with Crippen molar-refractivity contribution in [3.05, 3.63) is 68.0 Å². The number of amides is 1. The first kappa shape index (κ1) is 21.3. The van der Waals surface area contributed by atoms with Crippen LogP contribution in [-0.4, -0.2) is 76.4 Å². The molecule has 1 amide bonds. The third kappa shape index (κ3) is 4.57. The van der Waals surface area contributed by atoms with Crippen molar-refractivity contribution in [2.24, 2.45) is 7.05 Å². The van der Waals surface area contributed by atoms with Crippen LogP contribution in [0.3, 0.4) is 0 Å². The lowest BCUT2D eigenvalue weighted by Gasteiger charge is -2.33. The molecule has 9 nitrogen and oxygen atoms in total. The van der Waals surface area contributed by atoms with Gasteiger partial charge in [0.15, 0.2) is 0 Å². The molecule has 0 N–H and O–H groups in total. The highest BCUT2D eigenvalue weighted by atomic mass is 16.6. The molecule has 0 radical (unpaired) electrons. The van der Waals surface area contributed by atoms with E-state index >= 15 is 0 Å². The number of piperazine rings is 1. The lowest BCUT2D eigenvalue weighted by atomic mass is 10.1. The molecule has 0 atom stereocenters. The Morgan fingerprint density at radius 3 is 2.42 bits per heavy atom. The summed E-state index contributed by atoms with van der Waals surface area (Å²) in [6.07, 6.45) is 0.0268. The van der Waals surface area contributed by atoms with Gasteiger partial charge in [0.2, 0.25) is 0 Å². The molecule has 2 aliphatic rings. The van der Waals surface area contributed by atoms with Crippen LogP contribution in [0.25, 0.3) is 0 Å². The van der Waals surface area contributed by atoms with E-state index in [0.29, 0.717) is 24.2 Å². The molecule has 1 aromatic heterocycles. The zero-order valence-corrected chi connectivity index (χ0v) is 18.1. The van der Waals surface area contributed by atoms with Crippen molar-refractivity contribution in [2.45, 2.75) is 19.5 Å². The first-order valence-electron chi connectivity index (χ1n) is 10.6. The third-order valence-electron chi connectivity index (χ3n) is 6.15. The molecule has 9 heteroatoms. The fourth-order valence-electron chi connectivity index (χ4n) is 4.14. The highest BCUT2D eigenvalue weighted by Gasteiger charge is 2.28. The van der Waals surface area contributed by atoms with Gasteiger partial charge in [0, 0.05) is 51.9 Å². The Morgan fingerprint density at radius 1 is 1.00 bits per heavy atom. The van der Waals surface area contributed by atoms with Gasteiger partial charge in [-0.25, -0.2) is 9.59 Å². The normalized spacial score (nSPS) is 17.4. The van der Waals surface area contributed by atoms with E-state index in [0.717, 1.165) is 31.7 Å². The van der Waals surface area contributed by atoms with Gasteiger partial charge in [-0.15, -0.1) is 0 Å². The van der Waals surface area contributed by atoms with Crippen LogP contribution in [0.2, 0.25) is 0 Å². The van der Waals surface area contributed by atoms with Gasteiger partial charge in [0.05, 0.1) is 18.7 Å². The number of carbonyl (C=O) groups excluding carboxylic acids is 1. The molecule has 0 saturated carbocycles. The van der Waals surface area contributed by atoms with Gasteiger partial charge in [-0.3, -0.25) is 14.3 Å². The summed E-state index contributed by atoms with van der Waals surface area (Å²) in [5, 5.41) is 0. The summed E-state index contributed by atoms with van der Waals surface area (Å²) in [5.41, 5.74) is 1.39. The van der Waals surface area contributed by atoms with Crippen molar-refractivity contribution in [3.8, 4) is 0 Å². The molecular formula is C22H29N5O4. The minimum absolute atomic E-state index is 0.151. The van der Waals surface area contributed by atoms with Gasteiger partial charge in [0.1, 0.15) is 6.73 Å². The van der Waals surface area contributed by atoms with Crippen LogP contribution in [0.15, 0.2) is 39.9 Å². The summed E-state index contributed by atoms with van der Waals surface area (Å²) in [6, 6.07) is 9.41. The molecule has 31 heavy (non-hydrogen) atoms. The summed E-state index contributed by atoms with van der Waals surface area (Å²) >= 11 is 0. The number of aromatic nitrogens is 2. The Balaban J connectivity index is 1.49. The number of rotatable bonds is 4. The van der Waals surface area contributed by atoms with Crippen LogP contribution in [0, 0.1) is 0 Å². The first-order valence-corrected chi connectivity index (χ1v) is 10.6. The molecule has 1 saturated heterocycles. The van der Waals surface area contributed by atoms with Gasteiger partial charge in [-0.2, -0.15) is 0 Å². The van der Waals surface area contributed by atoms with Crippen molar-refractivity contribution in [3.63, 3.8) is 0 Å². The van der Waals surface area contributed by atoms with Crippen LogP contribution in [-0.2, 0) is 31.3 Å². The molecule has 0 unspecified atom stereocenters. The van der Waals surface area contributed by atoms with E-state index in [1.54, 1.807) is 11.9 Å². The second-order valence-electron chi connectivity index (χ2n) is 8.28. The van der Waals surface area contributed by atoms with Gasteiger partial charge in [-0.1, -0.05) is 30.3 Å². The smallest absolute Gasteiger partial charge is 0.411 e. The van der Waals surface area contributed by atoms with Crippen molar-refractivity contribution < 1.29 is 9.53 Å². The summed E-state index contributed by atoms with van der Waals surface area (Å²) in [6.45, 7) is 4.64. The van der Waals surface area contributed by atoms with E-state index < -0.39 is 6.09 Å². The fourth-order valence-corrected chi connectivity index (χ4v) is 4.14. The molecule has 3 heterocycles. The summed E-state index contributed by atoms with van der Waals surface area (Å²) in [4.78, 5) is 44.5. The molecule has 0 spiro atoms. The lowest BCUT2D eigenvalue weighted by Crippen LogP contribution is -2.49. The number of likely N-dealkylation sites (N-methyl/N-ethyl adjacent to an activating group) is 1. The summed E-state index contributed by atoms with van der Waals surface area (Å²) in [7, 11) is 3.76. The van der Waals surface area contributed by atoms with Gasteiger partial charge in [0.25, 0.3) is 5.56 Å². The van der Waals surface area contributed by atoms with Crippen molar-refractivity contribution in [1.29, 1.82) is 0 Å². The molecule has 0 bridgehead atoms. The second-order valence-corrected chi connectivity index (χ2v) is 8.28. The molecule has 2 aromatic rings. The number of hydrogen-bond donors (Lipinski definition) is 0. The maximum absolute atomic E-state index is 13.2. The Labute approximate surface area is 181 Å². The predicted molar refractivity (Wildman–Crippen MR) is 116 cm³/mol. The van der Waals surface area contributed by atoms with Crippen molar-refractivity contribution in [1.82, 2.24) is 23.8 Å². The zero-order valence-electron chi connectivity index (χ0n) is 18.1. The average molecular weight is 428 g/mol. The molecule has 0 aliphatic carbocycles. The van der Waals surface area contributed by atoms with E-state index in [2.05, 4.69) is 16.8 Å².